The Balaban J connectivity index is 1.39. The zero-order valence-electron chi connectivity index (χ0n) is 17.4. The summed E-state index contributed by atoms with van der Waals surface area (Å²) in [5.41, 5.74) is 0.539. The molecule has 32 heavy (non-hydrogen) atoms. The van der Waals surface area contributed by atoms with Crippen LogP contribution in [0.3, 0.4) is 0 Å². The van der Waals surface area contributed by atoms with Crippen molar-refractivity contribution < 1.29 is 13.2 Å². The molecule has 1 fully saturated rings. The maximum absolute atomic E-state index is 13.0. The number of sulfonamides is 1. The van der Waals surface area contributed by atoms with Gasteiger partial charge in [0.2, 0.25) is 10.0 Å². The third kappa shape index (κ3) is 4.57. The van der Waals surface area contributed by atoms with Gasteiger partial charge < -0.3 is 5.32 Å². The Morgan fingerprint density at radius 3 is 2.66 bits per heavy atom. The maximum atomic E-state index is 13.0. The first-order valence-corrected chi connectivity index (χ1v) is 12.3. The highest BCUT2D eigenvalue weighted by atomic mass is 35.5. The van der Waals surface area contributed by atoms with E-state index in [9.17, 15) is 18.0 Å². The Labute approximate surface area is 190 Å². The second-order valence-electron chi connectivity index (χ2n) is 7.65. The molecule has 0 saturated carbocycles. The molecule has 0 radical (unpaired) electrons. The van der Waals surface area contributed by atoms with Crippen LogP contribution < -0.4 is 11.0 Å². The van der Waals surface area contributed by atoms with Crippen LogP contribution in [0, 0.1) is 0 Å². The third-order valence-corrected chi connectivity index (χ3v) is 7.83. The fourth-order valence-corrected chi connectivity index (χ4v) is 5.75. The van der Waals surface area contributed by atoms with Crippen molar-refractivity contribution in [3.8, 4) is 0 Å². The smallest absolute Gasteiger partial charge is 0.350 e. The molecule has 3 heterocycles. The number of benzene rings is 1. The predicted molar refractivity (Wildman–Crippen MR) is 120 cm³/mol. The van der Waals surface area contributed by atoms with E-state index >= 15 is 0 Å². The lowest BCUT2D eigenvalue weighted by Crippen LogP contribution is -2.36. The highest BCUT2D eigenvalue weighted by Crippen LogP contribution is 2.27. The van der Waals surface area contributed by atoms with Crippen molar-refractivity contribution in [2.24, 2.45) is 0 Å². The Morgan fingerprint density at radius 2 is 1.91 bits per heavy atom. The van der Waals surface area contributed by atoms with Gasteiger partial charge in [-0.15, -0.1) is 5.10 Å². The number of piperidine rings is 1. The van der Waals surface area contributed by atoms with Gasteiger partial charge in [0.05, 0.1) is 5.02 Å². The van der Waals surface area contributed by atoms with E-state index in [2.05, 4.69) is 10.4 Å². The number of aromatic nitrogens is 3. The molecule has 3 aromatic rings. The number of fused-ring (bicyclic) bond motifs is 1. The van der Waals surface area contributed by atoms with Gasteiger partial charge in [0.15, 0.2) is 5.65 Å². The lowest BCUT2D eigenvalue weighted by molar-refractivity contribution is 0.0952. The predicted octanol–water partition coefficient (Wildman–Crippen LogP) is 2.14. The minimum Gasteiger partial charge on any atom is -0.352 e. The van der Waals surface area contributed by atoms with E-state index in [1.807, 2.05) is 0 Å². The summed E-state index contributed by atoms with van der Waals surface area (Å²) in [4.78, 5) is 24.8. The van der Waals surface area contributed by atoms with E-state index in [4.69, 9.17) is 11.6 Å². The molecule has 1 saturated heterocycles. The van der Waals surface area contributed by atoms with Gasteiger partial charge in [-0.3, -0.25) is 9.20 Å². The second kappa shape index (κ2) is 9.43. The number of carbonyl (C=O) groups is 1. The fraction of sp³-hybridized carbons (Fsp3) is 0.381. The Morgan fingerprint density at radius 1 is 1.12 bits per heavy atom. The lowest BCUT2D eigenvalue weighted by atomic mass is 10.2. The Bertz CT molecular complexity index is 1300. The average Bonchev–Trinajstić information content (AvgIpc) is 3.13. The topological polar surface area (TPSA) is 106 Å². The van der Waals surface area contributed by atoms with Gasteiger partial charge in [-0.25, -0.2) is 17.9 Å². The monoisotopic (exact) mass is 477 g/mol. The van der Waals surface area contributed by atoms with E-state index in [0.717, 1.165) is 19.3 Å². The summed E-state index contributed by atoms with van der Waals surface area (Å²) in [5.74, 6) is -0.404. The zero-order chi connectivity index (χ0) is 22.7. The van der Waals surface area contributed by atoms with Crippen LogP contribution in [0.4, 0.5) is 0 Å². The standard InChI is InChI=1S/C21H24ClN5O4S/c22-17-9-8-16(15-18(17)32(30,31)25-11-3-1-4-12-25)20(28)23-10-6-14-27-21(29)26-13-5-2-7-19(26)24-27/h2,5,7-9,13,15H,1,3-4,6,10-12,14H2,(H,23,28). The second-order valence-corrected chi connectivity index (χ2v) is 9.97. The van der Waals surface area contributed by atoms with Crippen LogP contribution in [0.1, 0.15) is 36.0 Å². The molecule has 0 unspecified atom stereocenters. The fourth-order valence-electron chi connectivity index (χ4n) is 3.73. The number of hydrogen-bond donors (Lipinski definition) is 1. The van der Waals surface area contributed by atoms with Crippen LogP contribution in [0.25, 0.3) is 5.65 Å². The third-order valence-electron chi connectivity index (χ3n) is 5.45. The number of aryl methyl sites for hydroxylation is 1. The van der Waals surface area contributed by atoms with Gasteiger partial charge in [0.25, 0.3) is 5.91 Å². The first-order valence-electron chi connectivity index (χ1n) is 10.5. The van der Waals surface area contributed by atoms with Crippen molar-refractivity contribution in [3.63, 3.8) is 0 Å². The van der Waals surface area contributed by atoms with E-state index in [1.54, 1.807) is 24.4 Å². The molecule has 1 aliphatic heterocycles. The van der Waals surface area contributed by atoms with Crippen molar-refractivity contribution in [3.05, 3.63) is 63.7 Å². The summed E-state index contributed by atoms with van der Waals surface area (Å²) < 4.78 is 30.2. The number of rotatable bonds is 7. The maximum Gasteiger partial charge on any atom is 0.350 e. The molecule has 1 aromatic carbocycles. The normalized spacial score (nSPS) is 15.2. The first-order chi connectivity index (χ1) is 15.4. The minimum absolute atomic E-state index is 0.0510. The molecule has 0 spiro atoms. The molecule has 11 heteroatoms. The molecule has 1 N–H and O–H groups in total. The van der Waals surface area contributed by atoms with Crippen LogP contribution in [0.2, 0.25) is 5.02 Å². The summed E-state index contributed by atoms with van der Waals surface area (Å²) in [7, 11) is -3.75. The van der Waals surface area contributed by atoms with E-state index < -0.39 is 15.9 Å². The van der Waals surface area contributed by atoms with E-state index in [0.29, 0.717) is 38.2 Å². The highest BCUT2D eigenvalue weighted by Gasteiger charge is 2.28. The number of nitrogens with one attached hydrogen (secondary N) is 1. The summed E-state index contributed by atoms with van der Waals surface area (Å²) in [6.07, 6.45) is 4.77. The lowest BCUT2D eigenvalue weighted by Gasteiger charge is -2.26. The van der Waals surface area contributed by atoms with Crippen LogP contribution in [0.5, 0.6) is 0 Å². The first kappa shape index (κ1) is 22.5. The number of hydrogen-bond acceptors (Lipinski definition) is 5. The van der Waals surface area contributed by atoms with Gasteiger partial charge in [-0.2, -0.15) is 4.31 Å². The Hall–Kier alpha value is -2.69. The van der Waals surface area contributed by atoms with Crippen molar-refractivity contribution in [1.82, 2.24) is 23.8 Å². The molecule has 4 rings (SSSR count). The quantitative estimate of drug-likeness (QED) is 0.525. The van der Waals surface area contributed by atoms with E-state index in [1.165, 1.54) is 31.6 Å². The summed E-state index contributed by atoms with van der Waals surface area (Å²) in [6.45, 7) is 1.56. The van der Waals surface area contributed by atoms with Crippen LogP contribution in [-0.4, -0.2) is 52.4 Å². The SMILES string of the molecule is O=C(NCCCn1nc2ccccn2c1=O)c1ccc(Cl)c(S(=O)(=O)N2CCCCC2)c1. The Kier molecular flexibility index (Phi) is 6.63. The number of pyridine rings is 1. The largest absolute Gasteiger partial charge is 0.352 e. The summed E-state index contributed by atoms with van der Waals surface area (Å²) in [6, 6.07) is 9.57. The molecular formula is C21H24ClN5O4S. The summed E-state index contributed by atoms with van der Waals surface area (Å²) >= 11 is 6.17. The molecule has 1 amide bonds. The van der Waals surface area contributed by atoms with Gasteiger partial charge >= 0.3 is 5.69 Å². The van der Waals surface area contributed by atoms with Crippen LogP contribution >= 0.6 is 11.6 Å². The number of halogens is 1. The molecule has 0 atom stereocenters. The number of carbonyl (C=O) groups excluding carboxylic acids is 1. The minimum atomic E-state index is -3.75. The molecule has 170 valence electrons. The van der Waals surface area contributed by atoms with Gasteiger partial charge in [0, 0.05) is 37.9 Å². The van der Waals surface area contributed by atoms with E-state index in [-0.39, 0.29) is 21.2 Å². The summed E-state index contributed by atoms with van der Waals surface area (Å²) in [5, 5.41) is 7.10. The molecule has 1 aliphatic rings. The van der Waals surface area contributed by atoms with Crippen molar-refractivity contribution in [2.45, 2.75) is 37.1 Å². The van der Waals surface area contributed by atoms with Gasteiger partial charge in [-0.05, 0) is 49.6 Å². The number of amides is 1. The molecule has 0 aliphatic carbocycles. The molecule has 9 nitrogen and oxygen atoms in total. The highest BCUT2D eigenvalue weighted by molar-refractivity contribution is 7.89. The van der Waals surface area contributed by atoms with Crippen LogP contribution in [0.15, 0.2) is 52.3 Å². The van der Waals surface area contributed by atoms with Crippen LogP contribution in [-0.2, 0) is 16.6 Å². The molecule has 2 aromatic heterocycles. The van der Waals surface area contributed by atoms with Gasteiger partial charge in [0.1, 0.15) is 4.90 Å². The average molecular weight is 478 g/mol. The van der Waals surface area contributed by atoms with Crippen molar-refractivity contribution in [1.29, 1.82) is 0 Å². The zero-order valence-corrected chi connectivity index (χ0v) is 19.0. The number of nitrogens with zero attached hydrogens (tertiary/aromatic N) is 4. The van der Waals surface area contributed by atoms with Crippen molar-refractivity contribution in [2.75, 3.05) is 19.6 Å². The van der Waals surface area contributed by atoms with Crippen molar-refractivity contribution >= 4 is 33.2 Å². The molecular weight excluding hydrogens is 454 g/mol. The molecule has 0 bridgehead atoms. The van der Waals surface area contributed by atoms with Gasteiger partial charge in [-0.1, -0.05) is 24.1 Å².